The molecule has 1 aromatic carbocycles. The summed E-state index contributed by atoms with van der Waals surface area (Å²) < 4.78 is 5.59. The Balaban J connectivity index is 1.36. The summed E-state index contributed by atoms with van der Waals surface area (Å²) >= 11 is 0. The van der Waals surface area contributed by atoms with Crippen LogP contribution in [0.3, 0.4) is 0 Å². The lowest BCUT2D eigenvalue weighted by atomic mass is 9.95. The average molecular weight is 387 g/mol. The molecular formula is C26H42O2. The third-order valence-electron chi connectivity index (χ3n) is 6.09. The molecule has 0 saturated carbocycles. The van der Waals surface area contributed by atoms with Gasteiger partial charge in [-0.15, -0.1) is 0 Å². The van der Waals surface area contributed by atoms with E-state index in [4.69, 9.17) is 4.74 Å². The first kappa shape index (κ1) is 23.0. The first-order valence-corrected chi connectivity index (χ1v) is 12.1. The van der Waals surface area contributed by atoms with E-state index in [2.05, 4.69) is 13.0 Å². The summed E-state index contributed by atoms with van der Waals surface area (Å²) in [5, 5.41) is 0. The van der Waals surface area contributed by atoms with E-state index in [1.165, 1.54) is 96.3 Å². The molecule has 2 nitrogen and oxygen atoms in total. The Morgan fingerprint density at radius 2 is 1.25 bits per heavy atom. The van der Waals surface area contributed by atoms with Crippen LogP contribution in [-0.2, 0) is 11.2 Å². The first-order valence-electron chi connectivity index (χ1n) is 12.1. The number of ether oxygens (including phenoxy) is 1. The number of cyclic esters (lactones) is 1. The lowest BCUT2D eigenvalue weighted by Crippen LogP contribution is -2.27. The van der Waals surface area contributed by atoms with Gasteiger partial charge in [0.25, 0.3) is 0 Å². The van der Waals surface area contributed by atoms with Gasteiger partial charge < -0.3 is 4.74 Å². The van der Waals surface area contributed by atoms with Crippen LogP contribution < -0.4 is 0 Å². The highest BCUT2D eigenvalue weighted by molar-refractivity contribution is 5.92. The van der Waals surface area contributed by atoms with Gasteiger partial charge in [0, 0.05) is 6.42 Å². The van der Waals surface area contributed by atoms with Crippen LogP contribution in [0.15, 0.2) is 24.3 Å². The molecule has 0 bridgehead atoms. The highest BCUT2D eigenvalue weighted by Crippen LogP contribution is 2.23. The van der Waals surface area contributed by atoms with E-state index in [9.17, 15) is 4.79 Å². The maximum absolute atomic E-state index is 12.0. The van der Waals surface area contributed by atoms with E-state index < -0.39 is 0 Å². The number of carbonyl (C=O) groups excluding carboxylic acids is 1. The molecule has 1 atom stereocenters. The summed E-state index contributed by atoms with van der Waals surface area (Å²) in [7, 11) is 0. The second-order valence-corrected chi connectivity index (χ2v) is 8.63. The summed E-state index contributed by atoms with van der Waals surface area (Å²) in [5.41, 5.74) is 1.92. The second-order valence-electron chi connectivity index (χ2n) is 8.63. The number of rotatable bonds is 16. The number of esters is 1. The zero-order chi connectivity index (χ0) is 19.9. The van der Waals surface area contributed by atoms with Crippen molar-refractivity contribution in [2.75, 3.05) is 0 Å². The van der Waals surface area contributed by atoms with Crippen LogP contribution >= 0.6 is 0 Å². The third kappa shape index (κ3) is 9.26. The number of hydrogen-bond acceptors (Lipinski definition) is 2. The second kappa shape index (κ2) is 14.7. The molecule has 1 aliphatic rings. The molecule has 2 heteroatoms. The lowest BCUT2D eigenvalue weighted by molar-refractivity contribution is 0.0232. The predicted molar refractivity (Wildman–Crippen MR) is 119 cm³/mol. The Labute approximate surface area is 173 Å². The molecule has 1 unspecified atom stereocenters. The van der Waals surface area contributed by atoms with Gasteiger partial charge in [-0.05, 0) is 24.5 Å². The van der Waals surface area contributed by atoms with E-state index >= 15 is 0 Å². The van der Waals surface area contributed by atoms with Crippen LogP contribution in [0.1, 0.15) is 126 Å². The Kier molecular flexibility index (Phi) is 12.0. The third-order valence-corrected chi connectivity index (χ3v) is 6.09. The van der Waals surface area contributed by atoms with Crippen LogP contribution in [0, 0.1) is 0 Å². The molecule has 0 aliphatic carbocycles. The number of hydrogen-bond donors (Lipinski definition) is 0. The molecule has 0 saturated heterocycles. The van der Waals surface area contributed by atoms with Gasteiger partial charge in [-0.2, -0.15) is 0 Å². The maximum Gasteiger partial charge on any atom is 0.338 e. The van der Waals surface area contributed by atoms with Crippen molar-refractivity contribution in [3.05, 3.63) is 35.4 Å². The summed E-state index contributed by atoms with van der Waals surface area (Å²) in [6.45, 7) is 2.28. The predicted octanol–water partition coefficient (Wildman–Crippen LogP) is 8.03. The van der Waals surface area contributed by atoms with Crippen molar-refractivity contribution in [3.63, 3.8) is 0 Å². The molecule has 0 amide bonds. The number of benzene rings is 1. The largest absolute Gasteiger partial charge is 0.458 e. The van der Waals surface area contributed by atoms with Crippen molar-refractivity contribution in [1.82, 2.24) is 0 Å². The average Bonchev–Trinajstić information content (AvgIpc) is 2.71. The van der Waals surface area contributed by atoms with Gasteiger partial charge in [0.05, 0.1) is 5.56 Å². The molecule has 1 aliphatic heterocycles. The monoisotopic (exact) mass is 386 g/mol. The fraction of sp³-hybridized carbons (Fsp3) is 0.731. The number of fused-ring (bicyclic) bond motifs is 1. The smallest absolute Gasteiger partial charge is 0.338 e. The number of carbonyl (C=O) groups is 1. The lowest BCUT2D eigenvalue weighted by Gasteiger charge is -2.24. The molecule has 1 aromatic rings. The van der Waals surface area contributed by atoms with E-state index in [1.54, 1.807) is 0 Å². The van der Waals surface area contributed by atoms with Gasteiger partial charge >= 0.3 is 5.97 Å². The summed E-state index contributed by atoms with van der Waals surface area (Å²) in [4.78, 5) is 12.0. The Hall–Kier alpha value is -1.31. The quantitative estimate of drug-likeness (QED) is 0.212. The Morgan fingerprint density at radius 1 is 0.750 bits per heavy atom. The standard InChI is InChI=1S/C26H42O2/c1-2-3-4-5-6-7-8-9-10-11-12-13-14-15-16-20-24-22-23-19-17-18-21-25(23)26(27)28-24/h17-19,21,24H,2-16,20,22H2,1H3. The summed E-state index contributed by atoms with van der Waals surface area (Å²) in [6, 6.07) is 7.87. The van der Waals surface area contributed by atoms with Gasteiger partial charge in [0.15, 0.2) is 0 Å². The molecule has 0 fully saturated rings. The fourth-order valence-electron chi connectivity index (χ4n) is 4.30. The van der Waals surface area contributed by atoms with Crippen LogP contribution in [0.4, 0.5) is 0 Å². The zero-order valence-corrected chi connectivity index (χ0v) is 18.2. The normalized spacial score (nSPS) is 16.0. The minimum absolute atomic E-state index is 0.0874. The number of unbranched alkanes of at least 4 members (excludes halogenated alkanes) is 14. The van der Waals surface area contributed by atoms with Crippen LogP contribution in [0.5, 0.6) is 0 Å². The van der Waals surface area contributed by atoms with Gasteiger partial charge in [0.2, 0.25) is 0 Å². The zero-order valence-electron chi connectivity index (χ0n) is 18.2. The van der Waals surface area contributed by atoms with Gasteiger partial charge in [-0.25, -0.2) is 4.79 Å². The minimum Gasteiger partial charge on any atom is -0.458 e. The fourth-order valence-corrected chi connectivity index (χ4v) is 4.30. The molecule has 0 spiro atoms. The molecular weight excluding hydrogens is 344 g/mol. The highest BCUT2D eigenvalue weighted by Gasteiger charge is 2.25. The Bertz CT molecular complexity index is 537. The maximum atomic E-state index is 12.0. The summed E-state index contributed by atoms with van der Waals surface area (Å²) in [6.07, 6.45) is 22.8. The van der Waals surface area contributed by atoms with Crippen molar-refractivity contribution in [1.29, 1.82) is 0 Å². The van der Waals surface area contributed by atoms with Crippen molar-refractivity contribution in [3.8, 4) is 0 Å². The first-order chi connectivity index (χ1) is 13.8. The van der Waals surface area contributed by atoms with Crippen LogP contribution in [0.2, 0.25) is 0 Å². The van der Waals surface area contributed by atoms with Crippen molar-refractivity contribution in [2.45, 2.75) is 122 Å². The van der Waals surface area contributed by atoms with E-state index in [1.807, 2.05) is 18.2 Å². The van der Waals surface area contributed by atoms with Crippen LogP contribution in [-0.4, -0.2) is 12.1 Å². The van der Waals surface area contributed by atoms with Crippen LogP contribution in [0.25, 0.3) is 0 Å². The molecule has 158 valence electrons. The van der Waals surface area contributed by atoms with E-state index in [-0.39, 0.29) is 12.1 Å². The highest BCUT2D eigenvalue weighted by atomic mass is 16.5. The van der Waals surface area contributed by atoms with Crippen molar-refractivity contribution in [2.24, 2.45) is 0 Å². The van der Waals surface area contributed by atoms with Crippen molar-refractivity contribution < 1.29 is 9.53 Å². The minimum atomic E-state index is -0.132. The topological polar surface area (TPSA) is 26.3 Å². The van der Waals surface area contributed by atoms with Gasteiger partial charge in [-0.3, -0.25) is 0 Å². The summed E-state index contributed by atoms with van der Waals surface area (Å²) in [5.74, 6) is -0.132. The molecule has 0 N–H and O–H groups in total. The van der Waals surface area contributed by atoms with E-state index in [0.29, 0.717) is 0 Å². The SMILES string of the molecule is CCCCCCCCCCCCCCCCCC1Cc2ccccc2C(=O)O1. The van der Waals surface area contributed by atoms with E-state index in [0.717, 1.165) is 24.0 Å². The molecule has 1 heterocycles. The molecule has 28 heavy (non-hydrogen) atoms. The Morgan fingerprint density at radius 3 is 1.82 bits per heavy atom. The van der Waals surface area contributed by atoms with Gasteiger partial charge in [-0.1, -0.05) is 115 Å². The van der Waals surface area contributed by atoms with Gasteiger partial charge in [0.1, 0.15) is 6.10 Å². The molecule has 0 aromatic heterocycles. The molecule has 0 radical (unpaired) electrons. The molecule has 2 rings (SSSR count). The van der Waals surface area contributed by atoms with Crippen molar-refractivity contribution >= 4 is 5.97 Å².